The fraction of sp³-hybridized carbons (Fsp3) is 0.368. The van der Waals surface area contributed by atoms with Gasteiger partial charge in [0.25, 0.3) is 0 Å². The molecule has 0 saturated heterocycles. The molecular formula is C19H22N4S. The molecule has 0 spiro atoms. The fourth-order valence-electron chi connectivity index (χ4n) is 3.35. The third-order valence-electron chi connectivity index (χ3n) is 4.74. The minimum Gasteiger partial charge on any atom is -0.378 e. The highest BCUT2D eigenvalue weighted by atomic mass is 32.1. The van der Waals surface area contributed by atoms with Gasteiger partial charge in [-0.3, -0.25) is 0 Å². The summed E-state index contributed by atoms with van der Waals surface area (Å²) in [5.74, 6) is 1.71. The molecule has 1 aromatic carbocycles. The Bertz CT molecular complexity index is 867. The van der Waals surface area contributed by atoms with Crippen LogP contribution in [-0.2, 0) is 12.8 Å². The van der Waals surface area contributed by atoms with Crippen LogP contribution in [0.25, 0.3) is 10.2 Å². The van der Waals surface area contributed by atoms with Gasteiger partial charge < -0.3 is 10.2 Å². The minimum atomic E-state index is 0.772. The number of nitrogens with zero attached hydrogens (tertiary/aromatic N) is 3. The Morgan fingerprint density at radius 1 is 1.17 bits per heavy atom. The average molecular weight is 338 g/mol. The number of aryl methyl sites for hydroxylation is 1. The maximum atomic E-state index is 4.53. The van der Waals surface area contributed by atoms with Crippen molar-refractivity contribution in [3.63, 3.8) is 0 Å². The zero-order chi connectivity index (χ0) is 16.7. The quantitative estimate of drug-likeness (QED) is 0.756. The molecular weight excluding hydrogens is 316 g/mol. The van der Waals surface area contributed by atoms with Gasteiger partial charge in [0.15, 0.2) is 0 Å². The maximum absolute atomic E-state index is 4.53. The molecule has 1 aliphatic rings. The summed E-state index contributed by atoms with van der Waals surface area (Å²) < 4.78 is 0. The number of nitrogens with one attached hydrogen (secondary N) is 1. The summed E-state index contributed by atoms with van der Waals surface area (Å²) in [6.45, 7) is 2.34. The van der Waals surface area contributed by atoms with Crippen LogP contribution >= 0.6 is 11.3 Å². The molecule has 1 N–H and O–H groups in total. The first-order valence-corrected chi connectivity index (χ1v) is 9.23. The van der Waals surface area contributed by atoms with Crippen LogP contribution in [0.2, 0.25) is 0 Å². The number of aromatic nitrogens is 2. The van der Waals surface area contributed by atoms with E-state index in [2.05, 4.69) is 65.5 Å². The monoisotopic (exact) mass is 338 g/mol. The van der Waals surface area contributed by atoms with Gasteiger partial charge in [-0.1, -0.05) is 6.92 Å². The van der Waals surface area contributed by atoms with Crippen molar-refractivity contribution in [3.8, 4) is 0 Å². The van der Waals surface area contributed by atoms with E-state index in [0.29, 0.717) is 0 Å². The lowest BCUT2D eigenvalue weighted by Crippen LogP contribution is -2.09. The highest BCUT2D eigenvalue weighted by molar-refractivity contribution is 7.19. The van der Waals surface area contributed by atoms with Gasteiger partial charge in [0.1, 0.15) is 17.0 Å². The molecule has 1 aliphatic carbocycles. The largest absolute Gasteiger partial charge is 0.378 e. The van der Waals surface area contributed by atoms with Crippen LogP contribution in [0.4, 0.5) is 17.2 Å². The highest BCUT2D eigenvalue weighted by Crippen LogP contribution is 2.40. The Morgan fingerprint density at radius 3 is 2.71 bits per heavy atom. The van der Waals surface area contributed by atoms with Gasteiger partial charge >= 0.3 is 0 Å². The lowest BCUT2D eigenvalue weighted by atomic mass is 9.89. The van der Waals surface area contributed by atoms with Crippen molar-refractivity contribution >= 4 is 38.7 Å². The van der Waals surface area contributed by atoms with Crippen molar-refractivity contribution in [2.24, 2.45) is 5.92 Å². The van der Waals surface area contributed by atoms with Crippen molar-refractivity contribution in [3.05, 3.63) is 41.0 Å². The molecule has 4 nitrogen and oxygen atoms in total. The molecule has 2 heterocycles. The van der Waals surface area contributed by atoms with Gasteiger partial charge in [-0.15, -0.1) is 11.3 Å². The van der Waals surface area contributed by atoms with Crippen molar-refractivity contribution in [1.29, 1.82) is 0 Å². The molecule has 4 rings (SSSR count). The summed E-state index contributed by atoms with van der Waals surface area (Å²) in [5, 5.41) is 4.72. The molecule has 0 bridgehead atoms. The van der Waals surface area contributed by atoms with E-state index in [0.717, 1.165) is 28.7 Å². The van der Waals surface area contributed by atoms with E-state index in [1.54, 1.807) is 6.33 Å². The summed E-state index contributed by atoms with van der Waals surface area (Å²) >= 11 is 1.84. The van der Waals surface area contributed by atoms with Gasteiger partial charge in [0.05, 0.1) is 5.39 Å². The van der Waals surface area contributed by atoms with E-state index in [1.165, 1.54) is 34.4 Å². The predicted molar refractivity (Wildman–Crippen MR) is 103 cm³/mol. The summed E-state index contributed by atoms with van der Waals surface area (Å²) in [6.07, 6.45) is 5.24. The maximum Gasteiger partial charge on any atom is 0.142 e. The van der Waals surface area contributed by atoms with Crippen LogP contribution in [-0.4, -0.2) is 24.1 Å². The smallest absolute Gasteiger partial charge is 0.142 e. The van der Waals surface area contributed by atoms with Gasteiger partial charge in [-0.25, -0.2) is 9.97 Å². The predicted octanol–water partition coefficient (Wildman–Crippen LogP) is 4.63. The molecule has 124 valence electrons. The molecule has 0 amide bonds. The Balaban J connectivity index is 1.71. The van der Waals surface area contributed by atoms with Crippen molar-refractivity contribution < 1.29 is 0 Å². The zero-order valence-corrected chi connectivity index (χ0v) is 15.2. The second-order valence-corrected chi connectivity index (χ2v) is 7.90. The lowest BCUT2D eigenvalue weighted by Gasteiger charge is -2.18. The van der Waals surface area contributed by atoms with Gasteiger partial charge in [-0.05, 0) is 55.0 Å². The number of rotatable bonds is 3. The number of benzene rings is 1. The van der Waals surface area contributed by atoms with Crippen LogP contribution in [0.1, 0.15) is 23.8 Å². The number of anilines is 3. The standard InChI is InChI=1S/C19H22N4S/c1-12-4-9-15-16(10-12)24-19-17(15)18(20-11-21-19)22-13-5-7-14(8-6-13)23(2)3/h5-8,11-12H,4,9-10H2,1-3H3,(H,20,21,22). The number of hydrogen-bond acceptors (Lipinski definition) is 5. The molecule has 0 fully saturated rings. The molecule has 5 heteroatoms. The zero-order valence-electron chi connectivity index (χ0n) is 14.3. The Hall–Kier alpha value is -2.14. The van der Waals surface area contributed by atoms with Gasteiger partial charge in [-0.2, -0.15) is 0 Å². The third-order valence-corrected chi connectivity index (χ3v) is 5.90. The first-order chi connectivity index (χ1) is 11.6. The van der Waals surface area contributed by atoms with E-state index in [9.17, 15) is 0 Å². The summed E-state index contributed by atoms with van der Waals surface area (Å²) in [4.78, 5) is 13.7. The molecule has 0 saturated carbocycles. The highest BCUT2D eigenvalue weighted by Gasteiger charge is 2.23. The van der Waals surface area contributed by atoms with Crippen molar-refractivity contribution in [1.82, 2.24) is 9.97 Å². The van der Waals surface area contributed by atoms with E-state index in [4.69, 9.17) is 0 Å². The van der Waals surface area contributed by atoms with Crippen LogP contribution in [0.5, 0.6) is 0 Å². The number of thiophene rings is 1. The van der Waals surface area contributed by atoms with E-state index >= 15 is 0 Å². The van der Waals surface area contributed by atoms with Crippen LogP contribution in [0.3, 0.4) is 0 Å². The molecule has 3 aromatic rings. The summed E-state index contributed by atoms with van der Waals surface area (Å²) in [6, 6.07) is 8.44. The van der Waals surface area contributed by atoms with Gasteiger partial charge in [0, 0.05) is 30.3 Å². The average Bonchev–Trinajstić information content (AvgIpc) is 2.93. The summed E-state index contributed by atoms with van der Waals surface area (Å²) in [5.41, 5.74) is 3.71. The third kappa shape index (κ3) is 2.73. The van der Waals surface area contributed by atoms with Crippen molar-refractivity contribution in [2.75, 3.05) is 24.3 Å². The van der Waals surface area contributed by atoms with E-state index in [-0.39, 0.29) is 0 Å². The summed E-state index contributed by atoms with van der Waals surface area (Å²) in [7, 11) is 4.10. The Labute approximate surface area is 146 Å². The second-order valence-electron chi connectivity index (χ2n) is 6.82. The molecule has 24 heavy (non-hydrogen) atoms. The van der Waals surface area contributed by atoms with Crippen LogP contribution in [0.15, 0.2) is 30.6 Å². The molecule has 1 unspecified atom stereocenters. The Kier molecular flexibility index (Phi) is 3.88. The van der Waals surface area contributed by atoms with Crippen LogP contribution < -0.4 is 10.2 Å². The fourth-order valence-corrected chi connectivity index (χ4v) is 4.70. The van der Waals surface area contributed by atoms with Gasteiger partial charge in [0.2, 0.25) is 0 Å². The lowest BCUT2D eigenvalue weighted by molar-refractivity contribution is 0.509. The number of fused-ring (bicyclic) bond motifs is 3. The van der Waals surface area contributed by atoms with E-state index < -0.39 is 0 Å². The normalized spacial score (nSPS) is 16.9. The number of hydrogen-bond donors (Lipinski definition) is 1. The van der Waals surface area contributed by atoms with E-state index in [1.807, 2.05) is 11.3 Å². The van der Waals surface area contributed by atoms with Crippen molar-refractivity contribution in [2.45, 2.75) is 26.2 Å². The topological polar surface area (TPSA) is 41.1 Å². The second kappa shape index (κ2) is 6.06. The molecule has 0 radical (unpaired) electrons. The first-order valence-electron chi connectivity index (χ1n) is 8.41. The Morgan fingerprint density at radius 2 is 1.96 bits per heavy atom. The molecule has 2 aromatic heterocycles. The molecule has 0 aliphatic heterocycles. The SMILES string of the molecule is CC1CCc2c(sc3ncnc(Nc4ccc(N(C)C)cc4)c23)C1. The van der Waals surface area contributed by atoms with Crippen LogP contribution in [0, 0.1) is 5.92 Å². The molecule has 1 atom stereocenters. The minimum absolute atomic E-state index is 0.772. The first kappa shape index (κ1) is 15.4.